The molecule has 24 heteroatoms. The Labute approximate surface area is 376 Å². The Morgan fingerprint density at radius 2 is 0.929 bits per heavy atom. The van der Waals surface area contributed by atoms with Crippen molar-refractivity contribution in [3.05, 3.63) is 0 Å². The number of aliphatic carboxylic acids is 4. The third kappa shape index (κ3) is 13.9. The second kappa shape index (κ2) is 23.7. The molecule has 20 nitrogen and oxygen atoms in total. The first kappa shape index (κ1) is 51.9. The van der Waals surface area contributed by atoms with Crippen molar-refractivity contribution in [1.29, 1.82) is 0 Å². The van der Waals surface area contributed by atoms with Gasteiger partial charge in [-0.25, -0.2) is 0 Å². The first-order chi connectivity index (χ1) is 24.9. The maximum absolute atomic E-state index is 12.3. The van der Waals surface area contributed by atoms with E-state index in [0.29, 0.717) is 0 Å². The minimum atomic E-state index is -1.89. The molecule has 3 aliphatic heterocycles. The Morgan fingerprint density at radius 3 is 1.32 bits per heavy atom. The molecule has 0 radical (unpaired) electrons. The molecule has 294 valence electrons. The molecule has 12 N–H and O–H groups in total. The number of hydrogen-bond acceptors (Lipinski definition) is 20. The summed E-state index contributed by atoms with van der Waals surface area (Å²) in [6, 6.07) is -0.848. The van der Waals surface area contributed by atoms with Gasteiger partial charge in [0.15, 0.2) is 5.79 Å². The second-order valence-electron chi connectivity index (χ2n) is 15.2. The smallest absolute Gasteiger partial charge is 0.550 e. The van der Waals surface area contributed by atoms with E-state index < -0.39 is 85.5 Å². The Kier molecular flexibility index (Phi) is 22.0. The average molecular weight is 763 g/mol. The number of carbonyl (C=O) groups is 4. The number of rotatable bonds is 16. The van der Waals surface area contributed by atoms with Crippen LogP contribution in [0.25, 0.3) is 0 Å². The Hall–Kier alpha value is -0.210. The summed E-state index contributed by atoms with van der Waals surface area (Å²) >= 11 is 0. The first-order valence-electron chi connectivity index (χ1n) is 18.9. The molecule has 0 bridgehead atoms. The number of nitrogens with one attached hydrogen (secondary N) is 12. The molecule has 8 atom stereocenters. The summed E-state index contributed by atoms with van der Waals surface area (Å²) in [5, 5.41) is 86.4. The molecule has 0 amide bonds. The van der Waals surface area contributed by atoms with Gasteiger partial charge >= 0.3 is 75.4 Å². The van der Waals surface area contributed by atoms with Crippen molar-refractivity contribution in [2.75, 3.05) is 0 Å². The van der Waals surface area contributed by atoms with Crippen LogP contribution in [0.2, 0.25) is 0 Å². The molecule has 0 aromatic rings. The van der Waals surface area contributed by atoms with E-state index in [4.69, 9.17) is 0 Å². The number of carboxylic acids is 4. The molecule has 3 saturated heterocycles. The van der Waals surface area contributed by atoms with E-state index in [1.54, 1.807) is 0 Å². The van der Waals surface area contributed by atoms with Crippen LogP contribution in [0.1, 0.15) is 103 Å². The summed E-state index contributed by atoms with van der Waals surface area (Å²) in [5.41, 5.74) is -1.89. The molecule has 56 heavy (non-hydrogen) atoms. The molecule has 0 aromatic heterocycles. The van der Waals surface area contributed by atoms with Gasteiger partial charge in [-0.3, -0.25) is 63.8 Å². The number of carbonyl (C=O) groups excluding carboxylic acids is 4. The number of carboxylic acid groups (broad SMARTS) is 4. The Morgan fingerprint density at radius 1 is 0.536 bits per heavy atom. The van der Waals surface area contributed by atoms with E-state index in [-0.39, 0.29) is 99.6 Å². The zero-order valence-corrected chi connectivity index (χ0v) is 33.4. The fourth-order valence-electron chi connectivity index (χ4n) is 8.60. The van der Waals surface area contributed by atoms with Crippen LogP contribution in [-0.4, -0.2) is 96.9 Å². The molecule has 6 fully saturated rings. The standard InChI is InChI=1S/C32H58N12O8.4Li/c45-22(46)15-21(24(49)50)37-28-39-26(33-17-7-3-1-4-8-17)38-27(40-28)34-19-11-13-20(14-12-19)36-30-41-29(35-18-9-5-2-6-10-18)42-32(43-30)31(44-32,25(51)52)16-23(47)48;;;;/h17-21,26-30,33-44H,1-16H2,(H,45,46)(H,47,48)(H,49,50)(H,51,52);;;;/q;4*+1/p-4. The van der Waals surface area contributed by atoms with Crippen LogP contribution < -0.4 is 160 Å². The molecule has 3 saturated carbocycles. The predicted octanol–water partition coefficient (Wildman–Crippen LogP) is -19.9. The number of hydrogen-bond donors (Lipinski definition) is 12. The van der Waals surface area contributed by atoms with Crippen LogP contribution in [0.3, 0.4) is 0 Å². The van der Waals surface area contributed by atoms with Crippen LogP contribution >= 0.6 is 0 Å². The quantitative estimate of drug-likeness (QED) is 0.0513. The topological polar surface area (TPSA) is 315 Å². The molecule has 3 aliphatic carbocycles. The largest absolute Gasteiger partial charge is 1.00 e. The minimum absolute atomic E-state index is 0. The SMILES string of the molecule is O=C([O-])CC(NC1NC(NC2CCCCC2)NC(NC2CCC(NC3NC(NC4CCCCC4)NC4(N3)NC4(CC(=O)[O-])C(=O)[O-])CC2)N1)C(=O)[O-].[Li+].[Li+].[Li+].[Li+]. The van der Waals surface area contributed by atoms with E-state index in [1.165, 1.54) is 12.8 Å². The van der Waals surface area contributed by atoms with E-state index in [0.717, 1.165) is 77.0 Å². The van der Waals surface area contributed by atoms with Crippen LogP contribution in [0, 0.1) is 0 Å². The van der Waals surface area contributed by atoms with Gasteiger partial charge in [-0.05, 0) is 51.4 Å². The van der Waals surface area contributed by atoms with Crippen molar-refractivity contribution < 1.29 is 115 Å². The van der Waals surface area contributed by atoms with Gasteiger partial charge in [0.25, 0.3) is 0 Å². The van der Waals surface area contributed by atoms with Gasteiger partial charge < -0.3 is 39.6 Å². The van der Waals surface area contributed by atoms with Crippen molar-refractivity contribution in [3.63, 3.8) is 0 Å². The fourth-order valence-corrected chi connectivity index (χ4v) is 8.60. The maximum atomic E-state index is 12.3. The normalized spacial score (nSPS) is 35.3. The molecular weight excluding hydrogens is 708 g/mol. The molecule has 0 aromatic carbocycles. The van der Waals surface area contributed by atoms with E-state index in [2.05, 4.69) is 63.8 Å². The summed E-state index contributed by atoms with van der Waals surface area (Å²) in [6.07, 6.45) is 9.68. The van der Waals surface area contributed by atoms with Gasteiger partial charge in [-0.2, -0.15) is 0 Å². The zero-order chi connectivity index (χ0) is 36.9. The molecule has 8 unspecified atom stereocenters. The minimum Gasteiger partial charge on any atom is -0.550 e. The monoisotopic (exact) mass is 762 g/mol. The molecule has 6 aliphatic rings. The van der Waals surface area contributed by atoms with Crippen molar-refractivity contribution in [1.82, 2.24) is 63.8 Å². The third-order valence-corrected chi connectivity index (χ3v) is 11.4. The van der Waals surface area contributed by atoms with Gasteiger partial charge in [-0.15, -0.1) is 0 Å². The van der Waals surface area contributed by atoms with Crippen molar-refractivity contribution in [2.45, 2.75) is 176 Å². The van der Waals surface area contributed by atoms with Gasteiger partial charge in [0.1, 0.15) is 37.0 Å². The first-order valence-corrected chi connectivity index (χ1v) is 18.9. The zero-order valence-electron chi connectivity index (χ0n) is 33.4. The van der Waals surface area contributed by atoms with Crippen molar-refractivity contribution >= 4 is 23.9 Å². The fraction of sp³-hybridized carbons (Fsp3) is 0.875. The molecule has 3 heterocycles. The molecule has 1 spiro atoms. The van der Waals surface area contributed by atoms with Crippen LogP contribution in [0.4, 0.5) is 0 Å². The van der Waals surface area contributed by atoms with Crippen molar-refractivity contribution in [3.8, 4) is 0 Å². The summed E-state index contributed by atoms with van der Waals surface area (Å²) in [6.45, 7) is 0. The summed E-state index contributed by atoms with van der Waals surface area (Å²) < 4.78 is 0. The third-order valence-electron chi connectivity index (χ3n) is 11.4. The Bertz CT molecular complexity index is 1290. The van der Waals surface area contributed by atoms with Crippen molar-refractivity contribution in [2.24, 2.45) is 0 Å². The van der Waals surface area contributed by atoms with E-state index >= 15 is 0 Å². The second-order valence-corrected chi connectivity index (χ2v) is 15.2. The van der Waals surface area contributed by atoms with E-state index in [9.17, 15) is 39.6 Å². The van der Waals surface area contributed by atoms with Gasteiger partial charge in [0, 0.05) is 48.9 Å². The van der Waals surface area contributed by atoms with Crippen LogP contribution in [-0.2, 0) is 19.2 Å². The van der Waals surface area contributed by atoms with E-state index in [1.807, 2.05) is 0 Å². The summed E-state index contributed by atoms with van der Waals surface area (Å²) in [4.78, 5) is 46.7. The summed E-state index contributed by atoms with van der Waals surface area (Å²) in [5.74, 6) is -7.52. The maximum Gasteiger partial charge on any atom is 1.00 e. The van der Waals surface area contributed by atoms with Gasteiger partial charge in [-0.1, -0.05) is 38.5 Å². The van der Waals surface area contributed by atoms with Crippen LogP contribution in [0.5, 0.6) is 0 Å². The van der Waals surface area contributed by atoms with Crippen LogP contribution in [0.15, 0.2) is 0 Å². The predicted molar refractivity (Wildman–Crippen MR) is 175 cm³/mol. The van der Waals surface area contributed by atoms with Gasteiger partial charge in [0.2, 0.25) is 0 Å². The molecular formula is C32H54Li4N12O8. The average Bonchev–Trinajstić information content (AvgIpc) is 3.69. The molecule has 6 rings (SSSR count). The summed E-state index contributed by atoms with van der Waals surface area (Å²) in [7, 11) is 0. The Balaban J connectivity index is 0.00000271. The van der Waals surface area contributed by atoms with Gasteiger partial charge in [0.05, 0.1) is 18.0 Å².